The van der Waals surface area contributed by atoms with Gasteiger partial charge >= 0.3 is 0 Å². The second-order valence-corrected chi connectivity index (χ2v) is 10.4. The second-order valence-electron chi connectivity index (χ2n) is 10.4. The topological polar surface area (TPSA) is 80.9 Å². The van der Waals surface area contributed by atoms with Crippen molar-refractivity contribution in [1.82, 2.24) is 0 Å². The lowest BCUT2D eigenvalue weighted by atomic mass is 9.58. The molecule has 0 spiro atoms. The molecule has 0 radical (unpaired) electrons. The first kappa shape index (κ1) is 21.9. The number of phenolic OH excluding ortho intramolecular Hbond substituents is 4. The van der Waals surface area contributed by atoms with E-state index in [0.717, 1.165) is 36.8 Å². The zero-order valence-corrected chi connectivity index (χ0v) is 18.7. The first-order valence-corrected chi connectivity index (χ1v) is 11.8. The Morgan fingerprint density at radius 2 is 0.935 bits per heavy atom. The average Bonchev–Trinajstić information content (AvgIpc) is 2.74. The highest BCUT2D eigenvalue weighted by molar-refractivity contribution is 5.42. The van der Waals surface area contributed by atoms with Crippen LogP contribution in [-0.4, -0.2) is 20.4 Å². The van der Waals surface area contributed by atoms with Crippen LogP contribution in [0, 0.1) is 17.3 Å². The summed E-state index contributed by atoms with van der Waals surface area (Å²) in [6.07, 6.45) is 9.05. The molecule has 31 heavy (non-hydrogen) atoms. The van der Waals surface area contributed by atoms with Gasteiger partial charge in [0.05, 0.1) is 0 Å². The minimum Gasteiger partial charge on any atom is -0.508 e. The third-order valence-corrected chi connectivity index (χ3v) is 8.47. The molecule has 4 heteroatoms. The molecule has 0 atom stereocenters. The van der Waals surface area contributed by atoms with Crippen LogP contribution in [0.4, 0.5) is 0 Å². The zero-order chi connectivity index (χ0) is 22.2. The lowest BCUT2D eigenvalue weighted by Gasteiger charge is -2.47. The first-order valence-electron chi connectivity index (χ1n) is 11.8. The molecule has 4 rings (SSSR count). The van der Waals surface area contributed by atoms with E-state index in [1.165, 1.54) is 37.8 Å². The van der Waals surface area contributed by atoms with Gasteiger partial charge in [0, 0.05) is 12.1 Å². The van der Waals surface area contributed by atoms with E-state index in [-0.39, 0.29) is 28.4 Å². The van der Waals surface area contributed by atoms with Crippen molar-refractivity contribution >= 4 is 0 Å². The Bertz CT molecular complexity index is 830. The van der Waals surface area contributed by atoms with Crippen molar-refractivity contribution in [2.75, 3.05) is 0 Å². The molecule has 2 aromatic rings. The van der Waals surface area contributed by atoms with Crippen LogP contribution in [0.15, 0.2) is 36.4 Å². The number of hydrogen-bond acceptors (Lipinski definition) is 4. The average molecular weight is 425 g/mol. The number of rotatable bonds is 4. The van der Waals surface area contributed by atoms with E-state index in [9.17, 15) is 20.4 Å². The maximum absolute atomic E-state index is 10.2. The van der Waals surface area contributed by atoms with E-state index >= 15 is 0 Å². The molecule has 0 amide bonds. The van der Waals surface area contributed by atoms with Crippen LogP contribution in [-0.2, 0) is 0 Å². The standard InChI is InChI=1S/C27H36O4/c1-27(2,19-7-3-17(4-8-19)23-13-11-21(28)15-25(23)30)20-9-5-18(6-10-20)24-14-12-22(29)16-26(24)31/h11-20,28-31H,3-10H2,1-2H3. The predicted molar refractivity (Wildman–Crippen MR) is 123 cm³/mol. The summed E-state index contributed by atoms with van der Waals surface area (Å²) < 4.78 is 0. The summed E-state index contributed by atoms with van der Waals surface area (Å²) in [6, 6.07) is 10.0. The zero-order valence-electron chi connectivity index (χ0n) is 18.7. The highest BCUT2D eigenvalue weighted by Crippen LogP contribution is 2.53. The Morgan fingerprint density at radius 3 is 1.26 bits per heavy atom. The summed E-state index contributed by atoms with van der Waals surface area (Å²) in [7, 11) is 0. The van der Waals surface area contributed by atoms with E-state index in [2.05, 4.69) is 13.8 Å². The molecular formula is C27H36O4. The minimum atomic E-state index is 0.118. The summed E-state index contributed by atoms with van der Waals surface area (Å²) in [6.45, 7) is 4.89. The Labute approximate surface area is 185 Å². The van der Waals surface area contributed by atoms with E-state index in [1.54, 1.807) is 12.1 Å². The first-order chi connectivity index (χ1) is 14.8. The molecule has 0 saturated heterocycles. The maximum atomic E-state index is 10.2. The lowest BCUT2D eigenvalue weighted by Crippen LogP contribution is -2.36. The molecule has 0 unspecified atom stereocenters. The molecule has 2 aliphatic rings. The van der Waals surface area contributed by atoms with Crippen LogP contribution in [0.5, 0.6) is 23.0 Å². The third-order valence-electron chi connectivity index (χ3n) is 8.47. The third kappa shape index (κ3) is 4.49. The summed E-state index contributed by atoms with van der Waals surface area (Å²) in [5.74, 6) is 2.80. The molecule has 0 aliphatic heterocycles. The van der Waals surface area contributed by atoms with E-state index in [0.29, 0.717) is 23.7 Å². The Balaban J connectivity index is 1.35. The normalized spacial score (nSPS) is 27.2. The van der Waals surface area contributed by atoms with Crippen LogP contribution in [0.2, 0.25) is 0 Å². The van der Waals surface area contributed by atoms with Gasteiger partial charge in [-0.3, -0.25) is 0 Å². The van der Waals surface area contributed by atoms with E-state index in [4.69, 9.17) is 0 Å². The van der Waals surface area contributed by atoms with Crippen molar-refractivity contribution in [2.24, 2.45) is 17.3 Å². The minimum absolute atomic E-state index is 0.118. The monoisotopic (exact) mass is 424 g/mol. The molecule has 0 aromatic heterocycles. The van der Waals surface area contributed by atoms with Crippen LogP contribution >= 0.6 is 0 Å². The van der Waals surface area contributed by atoms with E-state index < -0.39 is 0 Å². The van der Waals surface area contributed by atoms with Gasteiger partial charge in [-0.05, 0) is 104 Å². The summed E-state index contributed by atoms with van der Waals surface area (Å²) in [5, 5.41) is 39.6. The summed E-state index contributed by atoms with van der Waals surface area (Å²) in [4.78, 5) is 0. The Kier molecular flexibility index (Phi) is 6.09. The van der Waals surface area contributed by atoms with Gasteiger partial charge in [0.25, 0.3) is 0 Å². The van der Waals surface area contributed by atoms with Gasteiger partial charge in [0.2, 0.25) is 0 Å². The molecule has 2 fully saturated rings. The quantitative estimate of drug-likeness (QED) is 0.436. The van der Waals surface area contributed by atoms with Crippen molar-refractivity contribution < 1.29 is 20.4 Å². The van der Waals surface area contributed by atoms with Gasteiger partial charge in [0.15, 0.2) is 0 Å². The molecule has 168 valence electrons. The Hall–Kier alpha value is -2.36. The van der Waals surface area contributed by atoms with Crippen molar-refractivity contribution in [3.05, 3.63) is 47.5 Å². The van der Waals surface area contributed by atoms with Crippen molar-refractivity contribution in [3.63, 3.8) is 0 Å². The molecule has 0 bridgehead atoms. The van der Waals surface area contributed by atoms with Gasteiger partial charge in [0.1, 0.15) is 23.0 Å². The van der Waals surface area contributed by atoms with Gasteiger partial charge in [-0.2, -0.15) is 0 Å². The highest BCUT2D eigenvalue weighted by Gasteiger charge is 2.41. The maximum Gasteiger partial charge on any atom is 0.122 e. The molecule has 2 aliphatic carbocycles. The fraction of sp³-hybridized carbons (Fsp3) is 0.556. The number of hydrogen-bond donors (Lipinski definition) is 4. The number of benzene rings is 2. The molecule has 4 N–H and O–H groups in total. The highest BCUT2D eigenvalue weighted by atomic mass is 16.3. The second kappa shape index (κ2) is 8.64. The van der Waals surface area contributed by atoms with Gasteiger partial charge in [-0.1, -0.05) is 26.0 Å². The molecule has 4 nitrogen and oxygen atoms in total. The van der Waals surface area contributed by atoms with Crippen LogP contribution in [0.3, 0.4) is 0 Å². The summed E-state index contributed by atoms with van der Waals surface area (Å²) in [5.41, 5.74) is 2.23. The van der Waals surface area contributed by atoms with Crippen molar-refractivity contribution in [1.29, 1.82) is 0 Å². The largest absolute Gasteiger partial charge is 0.508 e. The van der Waals surface area contributed by atoms with Gasteiger partial charge in [-0.15, -0.1) is 0 Å². The van der Waals surface area contributed by atoms with Crippen molar-refractivity contribution in [3.8, 4) is 23.0 Å². The lowest BCUT2D eigenvalue weighted by molar-refractivity contribution is 0.0510. The Morgan fingerprint density at radius 1 is 0.581 bits per heavy atom. The van der Waals surface area contributed by atoms with Gasteiger partial charge in [-0.25, -0.2) is 0 Å². The van der Waals surface area contributed by atoms with Crippen LogP contribution in [0.1, 0.15) is 88.2 Å². The van der Waals surface area contributed by atoms with E-state index in [1.807, 2.05) is 12.1 Å². The van der Waals surface area contributed by atoms with Crippen molar-refractivity contribution in [2.45, 2.75) is 77.0 Å². The molecule has 0 heterocycles. The van der Waals surface area contributed by atoms with Crippen LogP contribution < -0.4 is 0 Å². The van der Waals surface area contributed by atoms with Crippen LogP contribution in [0.25, 0.3) is 0 Å². The number of aromatic hydroxyl groups is 4. The molecular weight excluding hydrogens is 388 g/mol. The predicted octanol–water partition coefficient (Wildman–Crippen LogP) is 6.78. The SMILES string of the molecule is CC(C)(C1CCC(c2ccc(O)cc2O)CC1)C1CCC(c2ccc(O)cc2O)CC1. The summed E-state index contributed by atoms with van der Waals surface area (Å²) >= 11 is 0. The fourth-order valence-electron chi connectivity index (χ4n) is 6.38. The fourth-order valence-corrected chi connectivity index (χ4v) is 6.38. The van der Waals surface area contributed by atoms with Gasteiger partial charge < -0.3 is 20.4 Å². The number of phenols is 4. The smallest absolute Gasteiger partial charge is 0.122 e. The molecule has 2 aromatic carbocycles. The molecule has 2 saturated carbocycles.